The van der Waals surface area contributed by atoms with E-state index in [1.54, 1.807) is 24.3 Å². The molecule has 1 heterocycles. The molecule has 4 heteroatoms. The van der Waals surface area contributed by atoms with E-state index in [9.17, 15) is 4.39 Å². The van der Waals surface area contributed by atoms with Crippen molar-refractivity contribution in [1.82, 2.24) is 5.32 Å². The summed E-state index contributed by atoms with van der Waals surface area (Å²) >= 11 is 0. The first kappa shape index (κ1) is 19.4. The van der Waals surface area contributed by atoms with Gasteiger partial charge in [0.15, 0.2) is 23.4 Å². The highest BCUT2D eigenvalue weighted by molar-refractivity contribution is 5.32. The summed E-state index contributed by atoms with van der Waals surface area (Å²) in [4.78, 5) is 0. The third-order valence-electron chi connectivity index (χ3n) is 4.23. The lowest BCUT2D eigenvalue weighted by Gasteiger charge is -2.34. The van der Waals surface area contributed by atoms with E-state index >= 15 is 0 Å². The predicted molar refractivity (Wildman–Crippen MR) is 100 cm³/mol. The Bertz CT molecular complexity index is 618. The molecule has 1 N–H and O–H groups in total. The summed E-state index contributed by atoms with van der Waals surface area (Å²) in [5, 5.41) is 3.35. The third kappa shape index (κ3) is 5.28. The summed E-state index contributed by atoms with van der Waals surface area (Å²) in [6.45, 7) is 9.18. The summed E-state index contributed by atoms with van der Waals surface area (Å²) in [6.07, 6.45) is 10.3. The first-order valence-corrected chi connectivity index (χ1v) is 8.90. The van der Waals surface area contributed by atoms with Crippen molar-refractivity contribution in [3.63, 3.8) is 0 Å². The molecule has 0 radical (unpaired) electrons. The second kappa shape index (κ2) is 9.54. The van der Waals surface area contributed by atoms with Crippen LogP contribution in [0.5, 0.6) is 5.75 Å². The number of rotatable bonds is 9. The summed E-state index contributed by atoms with van der Waals surface area (Å²) < 4.78 is 26.2. The quantitative estimate of drug-likeness (QED) is 0.517. The Labute approximate surface area is 150 Å². The highest BCUT2D eigenvalue weighted by Gasteiger charge is 2.41. The molecule has 2 rings (SSSR count). The van der Waals surface area contributed by atoms with Crippen LogP contribution in [0.1, 0.15) is 33.1 Å². The molecular formula is C21H28FNO2. The molecule has 1 aliphatic heterocycles. The fourth-order valence-electron chi connectivity index (χ4n) is 2.86. The number of nitrogens with one attached hydrogen (secondary N) is 1. The van der Waals surface area contributed by atoms with Gasteiger partial charge in [0.2, 0.25) is 0 Å². The van der Waals surface area contributed by atoms with Crippen molar-refractivity contribution in [3.05, 3.63) is 66.5 Å². The average molecular weight is 345 g/mol. The van der Waals surface area contributed by atoms with Crippen molar-refractivity contribution in [2.45, 2.75) is 44.9 Å². The van der Waals surface area contributed by atoms with Gasteiger partial charge in [-0.3, -0.25) is 5.32 Å². The first-order chi connectivity index (χ1) is 12.1. The van der Waals surface area contributed by atoms with E-state index in [1.165, 1.54) is 6.07 Å². The topological polar surface area (TPSA) is 30.5 Å². The van der Waals surface area contributed by atoms with Gasteiger partial charge in [0, 0.05) is 6.54 Å². The van der Waals surface area contributed by atoms with E-state index in [2.05, 4.69) is 24.9 Å². The summed E-state index contributed by atoms with van der Waals surface area (Å²) in [5.74, 6) is -0.158. The van der Waals surface area contributed by atoms with Gasteiger partial charge in [-0.25, -0.2) is 4.39 Å². The lowest BCUT2D eigenvalue weighted by atomic mass is 9.97. The molecule has 0 spiro atoms. The minimum absolute atomic E-state index is 0.222. The summed E-state index contributed by atoms with van der Waals surface area (Å²) in [5.41, 5.74) is 0.236. The van der Waals surface area contributed by atoms with Gasteiger partial charge >= 0.3 is 0 Å². The molecule has 1 saturated heterocycles. The number of benzene rings is 1. The predicted octanol–water partition coefficient (Wildman–Crippen LogP) is 4.77. The van der Waals surface area contributed by atoms with Crippen molar-refractivity contribution < 1.29 is 13.9 Å². The zero-order chi connectivity index (χ0) is 18.1. The van der Waals surface area contributed by atoms with Crippen LogP contribution < -0.4 is 10.1 Å². The van der Waals surface area contributed by atoms with Crippen molar-refractivity contribution in [3.8, 4) is 5.75 Å². The Kier molecular flexibility index (Phi) is 7.41. The minimum atomic E-state index is -0.716. The largest absolute Gasteiger partial charge is 0.478 e. The highest BCUT2D eigenvalue weighted by atomic mass is 19.1. The lowest BCUT2D eigenvalue weighted by molar-refractivity contribution is -0.0635. The van der Waals surface area contributed by atoms with Gasteiger partial charge in [0.05, 0.1) is 6.61 Å². The maximum absolute atomic E-state index is 14.1. The van der Waals surface area contributed by atoms with Crippen molar-refractivity contribution in [2.24, 2.45) is 0 Å². The van der Waals surface area contributed by atoms with Crippen LogP contribution in [-0.2, 0) is 4.74 Å². The fraction of sp³-hybridized carbons (Fsp3) is 0.429. The van der Waals surface area contributed by atoms with Gasteiger partial charge in [0.25, 0.3) is 0 Å². The van der Waals surface area contributed by atoms with E-state index in [0.717, 1.165) is 31.4 Å². The van der Waals surface area contributed by atoms with Crippen LogP contribution in [0, 0.1) is 5.82 Å². The van der Waals surface area contributed by atoms with Gasteiger partial charge in [-0.1, -0.05) is 62.8 Å². The average Bonchev–Trinajstić information content (AvgIpc) is 3.05. The third-order valence-corrected chi connectivity index (χ3v) is 4.23. The maximum atomic E-state index is 14.1. The zero-order valence-corrected chi connectivity index (χ0v) is 15.1. The van der Waals surface area contributed by atoms with Gasteiger partial charge in [-0.2, -0.15) is 0 Å². The van der Waals surface area contributed by atoms with Crippen LogP contribution in [0.4, 0.5) is 4.39 Å². The smallest absolute Gasteiger partial charge is 0.166 e. The van der Waals surface area contributed by atoms with Crippen LogP contribution in [-0.4, -0.2) is 25.0 Å². The molecule has 0 aliphatic carbocycles. The standard InChI is InChI=1S/C21H28FNO2/c1-4-6-8-12-17(11-7-5-2)20(21(3)23-15-16-24-21)25-19-14-10-9-13-18(19)22/h5,7,9-14,20,23H,2,4,6,8,15-16H2,1,3H3/b11-7-,17-12+. The Morgan fingerprint density at radius 1 is 1.48 bits per heavy atom. The Morgan fingerprint density at radius 2 is 2.28 bits per heavy atom. The van der Waals surface area contributed by atoms with Gasteiger partial charge in [-0.15, -0.1) is 0 Å². The van der Waals surface area contributed by atoms with Crippen molar-refractivity contribution in [2.75, 3.05) is 13.2 Å². The number of hydrogen-bond donors (Lipinski definition) is 1. The molecule has 1 aromatic rings. The van der Waals surface area contributed by atoms with Crippen LogP contribution in [0.2, 0.25) is 0 Å². The Balaban J connectivity index is 2.36. The Hall–Kier alpha value is -1.91. The second-order valence-corrected chi connectivity index (χ2v) is 6.25. The number of ether oxygens (including phenoxy) is 2. The molecular weight excluding hydrogens is 317 g/mol. The second-order valence-electron chi connectivity index (χ2n) is 6.25. The molecule has 0 saturated carbocycles. The van der Waals surface area contributed by atoms with E-state index in [0.29, 0.717) is 6.61 Å². The van der Waals surface area contributed by atoms with E-state index in [4.69, 9.17) is 9.47 Å². The van der Waals surface area contributed by atoms with Crippen molar-refractivity contribution >= 4 is 0 Å². The van der Waals surface area contributed by atoms with Crippen LogP contribution in [0.3, 0.4) is 0 Å². The SMILES string of the molecule is C=C/C=C\C(=C/CCCC)C(Oc1ccccc1F)C1(C)NCCO1. The van der Waals surface area contributed by atoms with Crippen LogP contribution in [0.25, 0.3) is 0 Å². The van der Waals surface area contributed by atoms with Crippen LogP contribution >= 0.6 is 0 Å². The summed E-state index contributed by atoms with van der Waals surface area (Å²) in [7, 11) is 0. The molecule has 136 valence electrons. The molecule has 2 atom stereocenters. The summed E-state index contributed by atoms with van der Waals surface area (Å²) in [6, 6.07) is 6.46. The zero-order valence-electron chi connectivity index (χ0n) is 15.1. The fourth-order valence-corrected chi connectivity index (χ4v) is 2.86. The van der Waals surface area contributed by atoms with E-state index in [-0.39, 0.29) is 11.6 Å². The van der Waals surface area contributed by atoms with E-state index < -0.39 is 11.8 Å². The molecule has 3 nitrogen and oxygen atoms in total. The molecule has 0 bridgehead atoms. The molecule has 0 aromatic heterocycles. The minimum Gasteiger partial charge on any atom is -0.478 e. The van der Waals surface area contributed by atoms with Gasteiger partial charge < -0.3 is 9.47 Å². The molecule has 2 unspecified atom stereocenters. The molecule has 0 amide bonds. The van der Waals surface area contributed by atoms with E-state index in [1.807, 2.05) is 19.1 Å². The number of unbranched alkanes of at least 4 members (excludes halogenated alkanes) is 2. The number of halogens is 1. The lowest BCUT2D eigenvalue weighted by Crippen LogP contribution is -2.52. The number of allylic oxidation sites excluding steroid dienone is 3. The monoisotopic (exact) mass is 345 g/mol. The number of para-hydroxylation sites is 1. The molecule has 25 heavy (non-hydrogen) atoms. The van der Waals surface area contributed by atoms with Crippen LogP contribution in [0.15, 0.2) is 60.7 Å². The van der Waals surface area contributed by atoms with Crippen molar-refractivity contribution in [1.29, 1.82) is 0 Å². The highest BCUT2D eigenvalue weighted by Crippen LogP contribution is 2.30. The Morgan fingerprint density at radius 3 is 2.92 bits per heavy atom. The maximum Gasteiger partial charge on any atom is 0.166 e. The molecule has 1 fully saturated rings. The molecule has 1 aliphatic rings. The van der Waals surface area contributed by atoms with Gasteiger partial charge in [0.1, 0.15) is 0 Å². The molecule has 1 aromatic carbocycles. The number of hydrogen-bond acceptors (Lipinski definition) is 3. The first-order valence-electron chi connectivity index (χ1n) is 8.90. The van der Waals surface area contributed by atoms with Gasteiger partial charge in [-0.05, 0) is 31.1 Å². The normalized spacial score (nSPS) is 22.3.